The summed E-state index contributed by atoms with van der Waals surface area (Å²) in [6.45, 7) is 1.41. The van der Waals surface area contributed by atoms with E-state index in [1.165, 1.54) is 6.07 Å². The van der Waals surface area contributed by atoms with Crippen molar-refractivity contribution >= 4 is 12.0 Å². The molecule has 0 spiro atoms. The molecule has 22 heavy (non-hydrogen) atoms. The second-order valence-electron chi connectivity index (χ2n) is 5.53. The number of nitrogens with one attached hydrogen (secondary N) is 1. The van der Waals surface area contributed by atoms with Gasteiger partial charge in [0.1, 0.15) is 5.82 Å². The highest BCUT2D eigenvalue weighted by Crippen LogP contribution is 2.17. The highest BCUT2D eigenvalue weighted by atomic mass is 19.1. The molecule has 0 aliphatic carbocycles. The zero-order valence-corrected chi connectivity index (χ0v) is 12.4. The van der Waals surface area contributed by atoms with Gasteiger partial charge in [0.05, 0.1) is 5.92 Å². The van der Waals surface area contributed by atoms with Crippen LogP contribution in [0.3, 0.4) is 0 Å². The number of carbonyl (C=O) groups is 2. The summed E-state index contributed by atoms with van der Waals surface area (Å²) in [4.78, 5) is 24.4. The number of hydrogen-bond donors (Lipinski definition) is 2. The van der Waals surface area contributed by atoms with Crippen molar-refractivity contribution in [2.75, 3.05) is 19.6 Å². The van der Waals surface area contributed by atoms with Gasteiger partial charge in [-0.3, -0.25) is 4.79 Å². The van der Waals surface area contributed by atoms with E-state index in [1.54, 1.807) is 23.1 Å². The fourth-order valence-corrected chi connectivity index (χ4v) is 2.62. The van der Waals surface area contributed by atoms with Crippen molar-refractivity contribution < 1.29 is 19.1 Å². The van der Waals surface area contributed by atoms with Crippen molar-refractivity contribution in [2.45, 2.75) is 25.7 Å². The van der Waals surface area contributed by atoms with Crippen LogP contribution in [0, 0.1) is 11.7 Å². The average molecular weight is 308 g/mol. The second kappa shape index (κ2) is 7.77. The number of likely N-dealkylation sites (tertiary alicyclic amines) is 1. The van der Waals surface area contributed by atoms with Crippen LogP contribution >= 0.6 is 0 Å². The Kier molecular flexibility index (Phi) is 5.75. The van der Waals surface area contributed by atoms with Crippen LogP contribution in [-0.2, 0) is 11.2 Å². The molecule has 1 saturated heterocycles. The minimum atomic E-state index is -0.787. The number of aryl methyl sites for hydroxylation is 1. The van der Waals surface area contributed by atoms with Gasteiger partial charge in [0.25, 0.3) is 0 Å². The zero-order chi connectivity index (χ0) is 15.9. The van der Waals surface area contributed by atoms with Gasteiger partial charge in [-0.1, -0.05) is 18.2 Å². The lowest BCUT2D eigenvalue weighted by Crippen LogP contribution is -2.45. The van der Waals surface area contributed by atoms with Gasteiger partial charge in [0.15, 0.2) is 0 Å². The zero-order valence-electron chi connectivity index (χ0n) is 12.4. The summed E-state index contributed by atoms with van der Waals surface area (Å²) in [6, 6.07) is 6.46. The first-order valence-electron chi connectivity index (χ1n) is 7.57. The smallest absolute Gasteiger partial charge is 0.317 e. The summed E-state index contributed by atoms with van der Waals surface area (Å²) in [5.74, 6) is -1.35. The minimum Gasteiger partial charge on any atom is -0.481 e. The standard InChI is InChI=1S/C16H21FN2O3/c17-14-6-2-1-4-12(14)5-3-9-18-16(22)19-10-7-13(8-11-19)15(20)21/h1-2,4,6,13H,3,5,7-11H2,(H,18,22)(H,20,21). The molecule has 5 nitrogen and oxygen atoms in total. The molecule has 2 rings (SSSR count). The van der Waals surface area contributed by atoms with Crippen molar-refractivity contribution in [3.05, 3.63) is 35.6 Å². The van der Waals surface area contributed by atoms with Crippen molar-refractivity contribution in [3.8, 4) is 0 Å². The maximum atomic E-state index is 13.4. The van der Waals surface area contributed by atoms with Gasteiger partial charge in [0, 0.05) is 19.6 Å². The van der Waals surface area contributed by atoms with Gasteiger partial charge in [-0.2, -0.15) is 0 Å². The van der Waals surface area contributed by atoms with E-state index in [1.807, 2.05) is 0 Å². The number of piperidine rings is 1. The first kappa shape index (κ1) is 16.3. The monoisotopic (exact) mass is 308 g/mol. The summed E-state index contributed by atoms with van der Waals surface area (Å²) < 4.78 is 13.4. The fourth-order valence-electron chi connectivity index (χ4n) is 2.62. The number of halogens is 1. The number of aliphatic carboxylic acids is 1. The Morgan fingerprint density at radius 1 is 1.27 bits per heavy atom. The predicted molar refractivity (Wildman–Crippen MR) is 80.1 cm³/mol. The molecular formula is C16H21FN2O3. The molecule has 1 aromatic rings. The van der Waals surface area contributed by atoms with Crippen LogP contribution in [0.4, 0.5) is 9.18 Å². The van der Waals surface area contributed by atoms with E-state index < -0.39 is 5.97 Å². The van der Waals surface area contributed by atoms with Crippen molar-refractivity contribution in [3.63, 3.8) is 0 Å². The second-order valence-corrected chi connectivity index (χ2v) is 5.53. The molecule has 1 aromatic carbocycles. The predicted octanol–water partition coefficient (Wildman–Crippen LogP) is 2.26. The van der Waals surface area contributed by atoms with Crippen LogP contribution in [0.1, 0.15) is 24.8 Å². The molecule has 0 bridgehead atoms. The number of benzene rings is 1. The molecule has 0 aromatic heterocycles. The molecule has 0 radical (unpaired) electrons. The maximum absolute atomic E-state index is 13.4. The van der Waals surface area contributed by atoms with E-state index in [4.69, 9.17) is 5.11 Å². The number of urea groups is 1. The first-order chi connectivity index (χ1) is 10.6. The molecule has 1 aliphatic heterocycles. The first-order valence-corrected chi connectivity index (χ1v) is 7.57. The minimum absolute atomic E-state index is 0.169. The number of carboxylic acids is 1. The molecule has 0 unspecified atom stereocenters. The van der Waals surface area contributed by atoms with E-state index in [0.717, 1.165) is 0 Å². The number of nitrogens with zero attached hydrogens (tertiary/aromatic N) is 1. The summed E-state index contributed by atoms with van der Waals surface area (Å²) in [5, 5.41) is 11.7. The lowest BCUT2D eigenvalue weighted by molar-refractivity contribution is -0.143. The highest BCUT2D eigenvalue weighted by molar-refractivity contribution is 5.75. The SMILES string of the molecule is O=C(O)C1CCN(C(=O)NCCCc2ccccc2F)CC1. The van der Waals surface area contributed by atoms with Crippen LogP contribution in [0.2, 0.25) is 0 Å². The topological polar surface area (TPSA) is 69.6 Å². The molecule has 1 fully saturated rings. The normalized spacial score (nSPS) is 15.6. The summed E-state index contributed by atoms with van der Waals surface area (Å²) >= 11 is 0. The highest BCUT2D eigenvalue weighted by Gasteiger charge is 2.26. The van der Waals surface area contributed by atoms with Crippen LogP contribution in [0.5, 0.6) is 0 Å². The summed E-state index contributed by atoms with van der Waals surface area (Å²) in [7, 11) is 0. The molecule has 2 amide bonds. The van der Waals surface area contributed by atoms with Crippen LogP contribution in [0.15, 0.2) is 24.3 Å². The largest absolute Gasteiger partial charge is 0.481 e. The Hall–Kier alpha value is -2.11. The van der Waals surface area contributed by atoms with E-state index in [0.29, 0.717) is 50.9 Å². The Labute approximate surface area is 129 Å². The Morgan fingerprint density at radius 3 is 2.59 bits per heavy atom. The quantitative estimate of drug-likeness (QED) is 0.820. The number of hydrogen-bond acceptors (Lipinski definition) is 2. The molecule has 1 aliphatic rings. The Morgan fingerprint density at radius 2 is 1.95 bits per heavy atom. The van der Waals surface area contributed by atoms with Crippen LogP contribution < -0.4 is 5.32 Å². The van der Waals surface area contributed by atoms with Crippen molar-refractivity contribution in [1.29, 1.82) is 0 Å². The molecule has 6 heteroatoms. The number of amides is 2. The van der Waals surface area contributed by atoms with E-state index >= 15 is 0 Å². The van der Waals surface area contributed by atoms with Gasteiger partial charge in [-0.05, 0) is 37.3 Å². The van der Waals surface area contributed by atoms with Crippen molar-refractivity contribution in [2.24, 2.45) is 5.92 Å². The lowest BCUT2D eigenvalue weighted by atomic mass is 9.97. The average Bonchev–Trinajstić information content (AvgIpc) is 2.53. The van der Waals surface area contributed by atoms with E-state index in [9.17, 15) is 14.0 Å². The molecule has 120 valence electrons. The van der Waals surface area contributed by atoms with Crippen LogP contribution in [0.25, 0.3) is 0 Å². The third kappa shape index (κ3) is 4.44. The Balaban J connectivity index is 1.66. The van der Waals surface area contributed by atoms with E-state index in [-0.39, 0.29) is 17.8 Å². The van der Waals surface area contributed by atoms with Gasteiger partial charge >= 0.3 is 12.0 Å². The van der Waals surface area contributed by atoms with Gasteiger partial charge < -0.3 is 15.3 Å². The molecule has 1 heterocycles. The number of rotatable bonds is 5. The molecule has 0 saturated carbocycles. The van der Waals surface area contributed by atoms with Crippen LogP contribution in [-0.4, -0.2) is 41.6 Å². The lowest BCUT2D eigenvalue weighted by Gasteiger charge is -2.30. The number of carbonyl (C=O) groups excluding carboxylic acids is 1. The third-order valence-corrected chi connectivity index (χ3v) is 3.99. The number of carboxylic acid groups (broad SMARTS) is 1. The molecule has 2 N–H and O–H groups in total. The van der Waals surface area contributed by atoms with Crippen molar-refractivity contribution in [1.82, 2.24) is 10.2 Å². The summed E-state index contributed by atoms with van der Waals surface area (Å²) in [5.41, 5.74) is 0.652. The van der Waals surface area contributed by atoms with Gasteiger partial charge in [-0.15, -0.1) is 0 Å². The fraction of sp³-hybridized carbons (Fsp3) is 0.500. The van der Waals surface area contributed by atoms with E-state index in [2.05, 4.69) is 5.32 Å². The third-order valence-electron chi connectivity index (χ3n) is 3.99. The van der Waals surface area contributed by atoms with Gasteiger partial charge in [-0.25, -0.2) is 9.18 Å². The summed E-state index contributed by atoms with van der Waals surface area (Å²) in [6.07, 6.45) is 2.24. The maximum Gasteiger partial charge on any atom is 0.317 e. The Bertz CT molecular complexity index is 528. The molecule has 0 atom stereocenters. The van der Waals surface area contributed by atoms with Gasteiger partial charge in [0.2, 0.25) is 0 Å². The molecular weight excluding hydrogens is 287 g/mol.